The average molecular weight is 506 g/mol. The van der Waals surface area contributed by atoms with Crippen molar-refractivity contribution in [1.82, 2.24) is 16.0 Å². The molecule has 8 heteroatoms. The number of alkyl carbamates (subject to hydrolysis) is 1. The number of carbonyl (C=O) groups excluding carboxylic acids is 1. The second-order valence-electron chi connectivity index (χ2n) is 7.63. The van der Waals surface area contributed by atoms with Gasteiger partial charge in [-0.2, -0.15) is 0 Å². The summed E-state index contributed by atoms with van der Waals surface area (Å²) in [6.45, 7) is 12.1. The molecule has 0 aliphatic carbocycles. The highest BCUT2D eigenvalue weighted by molar-refractivity contribution is 14.0. The van der Waals surface area contributed by atoms with Gasteiger partial charge in [-0.3, -0.25) is 4.99 Å². The quantitative estimate of drug-likeness (QED) is 0.218. The largest absolute Gasteiger partial charge is 0.493 e. The molecule has 1 rings (SSSR count). The molecule has 0 aromatic heterocycles. The van der Waals surface area contributed by atoms with Crippen LogP contribution in [0.25, 0.3) is 0 Å². The molecule has 0 aliphatic heterocycles. The van der Waals surface area contributed by atoms with Crippen LogP contribution in [-0.2, 0) is 11.3 Å². The summed E-state index contributed by atoms with van der Waals surface area (Å²) in [5, 5.41) is 9.08. The number of halogens is 1. The fourth-order valence-corrected chi connectivity index (χ4v) is 2.03. The van der Waals surface area contributed by atoms with E-state index in [2.05, 4.69) is 34.8 Å². The van der Waals surface area contributed by atoms with Crippen LogP contribution in [0.2, 0.25) is 0 Å². The predicted octanol–water partition coefficient (Wildman–Crippen LogP) is 3.53. The Hall–Kier alpha value is -1.71. The zero-order chi connectivity index (χ0) is 20.3. The number of rotatable bonds is 8. The van der Waals surface area contributed by atoms with Crippen molar-refractivity contribution in [2.45, 2.75) is 46.8 Å². The van der Waals surface area contributed by atoms with Gasteiger partial charge in [0.25, 0.3) is 0 Å². The molecule has 0 atom stereocenters. The molecule has 0 fully saturated rings. The summed E-state index contributed by atoms with van der Waals surface area (Å²) in [4.78, 5) is 15.7. The van der Waals surface area contributed by atoms with Crippen LogP contribution in [0.1, 0.15) is 40.2 Å². The predicted molar refractivity (Wildman–Crippen MR) is 125 cm³/mol. The Bertz CT molecular complexity index is 598. The highest BCUT2D eigenvalue weighted by Crippen LogP contribution is 2.13. The summed E-state index contributed by atoms with van der Waals surface area (Å²) in [6, 6.07) is 8.00. The molecule has 0 unspecified atom stereocenters. The number of amides is 1. The van der Waals surface area contributed by atoms with Gasteiger partial charge in [-0.05, 0) is 44.4 Å². The van der Waals surface area contributed by atoms with Gasteiger partial charge in [0, 0.05) is 26.7 Å². The molecule has 0 bridgehead atoms. The molecule has 1 aromatic carbocycles. The first kappa shape index (κ1) is 26.3. The topological polar surface area (TPSA) is 84.0 Å². The molecule has 0 saturated heterocycles. The lowest BCUT2D eigenvalue weighted by Crippen LogP contribution is -2.42. The molecule has 160 valence electrons. The van der Waals surface area contributed by atoms with Gasteiger partial charge in [-0.15, -0.1) is 24.0 Å². The lowest BCUT2D eigenvalue weighted by molar-refractivity contribution is 0.0529. The Kier molecular flexibility index (Phi) is 12.6. The van der Waals surface area contributed by atoms with E-state index in [0.29, 0.717) is 38.1 Å². The third-order valence-corrected chi connectivity index (χ3v) is 3.28. The number of aliphatic imine (C=N–C) groups is 1. The molecule has 0 radical (unpaired) electrons. The zero-order valence-electron chi connectivity index (χ0n) is 17.8. The summed E-state index contributed by atoms with van der Waals surface area (Å²) >= 11 is 0. The van der Waals surface area contributed by atoms with Crippen LogP contribution in [0.3, 0.4) is 0 Å². The van der Waals surface area contributed by atoms with E-state index in [9.17, 15) is 4.79 Å². The third-order valence-electron chi connectivity index (χ3n) is 3.28. The SMILES string of the molecule is CN=C(NCCNC(=O)OC(C)(C)C)NCc1ccc(OCC(C)C)cc1.I. The second kappa shape index (κ2) is 13.5. The molecular weight excluding hydrogens is 471 g/mol. The van der Waals surface area contributed by atoms with Crippen molar-refractivity contribution in [2.24, 2.45) is 10.9 Å². The van der Waals surface area contributed by atoms with Crippen molar-refractivity contribution in [3.63, 3.8) is 0 Å². The van der Waals surface area contributed by atoms with Crippen LogP contribution in [-0.4, -0.2) is 44.4 Å². The molecule has 1 amide bonds. The third kappa shape index (κ3) is 12.6. The number of hydrogen-bond acceptors (Lipinski definition) is 4. The fraction of sp³-hybridized carbons (Fsp3) is 0.600. The maximum Gasteiger partial charge on any atom is 0.407 e. The number of hydrogen-bond donors (Lipinski definition) is 3. The standard InChI is InChI=1S/C20H34N4O3.HI/c1-15(2)14-26-17-9-7-16(8-10-17)13-24-18(21-6)22-11-12-23-19(25)27-20(3,4)5;/h7-10,15H,11-14H2,1-6H3,(H,23,25)(H2,21,22,24);1H. The van der Waals surface area contributed by atoms with E-state index in [1.807, 2.05) is 45.0 Å². The van der Waals surface area contributed by atoms with E-state index < -0.39 is 11.7 Å². The number of carbonyl (C=O) groups is 1. The number of nitrogens with zero attached hydrogens (tertiary/aromatic N) is 1. The van der Waals surface area contributed by atoms with Gasteiger partial charge in [0.15, 0.2) is 5.96 Å². The van der Waals surface area contributed by atoms with E-state index in [1.165, 1.54) is 0 Å². The van der Waals surface area contributed by atoms with Gasteiger partial charge in [0.05, 0.1) is 6.61 Å². The van der Waals surface area contributed by atoms with Crippen LogP contribution < -0.4 is 20.7 Å². The first-order chi connectivity index (χ1) is 12.7. The Labute approximate surface area is 186 Å². The van der Waals surface area contributed by atoms with E-state index >= 15 is 0 Å². The van der Waals surface area contributed by atoms with Gasteiger partial charge >= 0.3 is 6.09 Å². The van der Waals surface area contributed by atoms with Crippen molar-refractivity contribution >= 4 is 36.0 Å². The molecule has 7 nitrogen and oxygen atoms in total. The fourth-order valence-electron chi connectivity index (χ4n) is 2.03. The highest BCUT2D eigenvalue weighted by atomic mass is 127. The first-order valence-corrected chi connectivity index (χ1v) is 9.32. The molecular formula is C20H35IN4O3. The minimum Gasteiger partial charge on any atom is -0.493 e. The Morgan fingerprint density at radius 1 is 1.07 bits per heavy atom. The number of ether oxygens (including phenoxy) is 2. The monoisotopic (exact) mass is 506 g/mol. The first-order valence-electron chi connectivity index (χ1n) is 9.32. The van der Waals surface area contributed by atoms with Crippen molar-refractivity contribution < 1.29 is 14.3 Å². The second-order valence-corrected chi connectivity index (χ2v) is 7.63. The summed E-state index contributed by atoms with van der Waals surface area (Å²) in [5.74, 6) is 2.05. The van der Waals surface area contributed by atoms with E-state index in [-0.39, 0.29) is 24.0 Å². The zero-order valence-corrected chi connectivity index (χ0v) is 20.1. The summed E-state index contributed by atoms with van der Waals surface area (Å²) in [7, 11) is 1.71. The van der Waals surface area contributed by atoms with Crippen LogP contribution >= 0.6 is 24.0 Å². The number of guanidine groups is 1. The van der Waals surface area contributed by atoms with Crippen molar-refractivity contribution in [3.05, 3.63) is 29.8 Å². The minimum absolute atomic E-state index is 0. The van der Waals surface area contributed by atoms with E-state index in [4.69, 9.17) is 9.47 Å². The Morgan fingerprint density at radius 3 is 2.21 bits per heavy atom. The van der Waals surface area contributed by atoms with Crippen LogP contribution in [0.15, 0.2) is 29.3 Å². The summed E-state index contributed by atoms with van der Waals surface area (Å²) in [6.07, 6.45) is -0.424. The summed E-state index contributed by atoms with van der Waals surface area (Å²) in [5.41, 5.74) is 0.631. The normalized spacial score (nSPS) is 11.5. The van der Waals surface area contributed by atoms with Crippen LogP contribution in [0.5, 0.6) is 5.75 Å². The molecule has 0 saturated carbocycles. The molecule has 0 aliphatic rings. The van der Waals surface area contributed by atoms with Crippen molar-refractivity contribution in [1.29, 1.82) is 0 Å². The Balaban J connectivity index is 0.00000729. The van der Waals surface area contributed by atoms with Crippen LogP contribution in [0.4, 0.5) is 4.79 Å². The van der Waals surface area contributed by atoms with Crippen molar-refractivity contribution in [2.75, 3.05) is 26.7 Å². The van der Waals surface area contributed by atoms with Gasteiger partial charge in [-0.1, -0.05) is 26.0 Å². The Morgan fingerprint density at radius 2 is 1.68 bits per heavy atom. The van der Waals surface area contributed by atoms with Gasteiger partial charge in [-0.25, -0.2) is 4.79 Å². The van der Waals surface area contributed by atoms with Gasteiger partial charge in [0.1, 0.15) is 11.4 Å². The van der Waals surface area contributed by atoms with Crippen LogP contribution in [0, 0.1) is 5.92 Å². The molecule has 0 spiro atoms. The average Bonchev–Trinajstić information content (AvgIpc) is 2.58. The molecule has 28 heavy (non-hydrogen) atoms. The lowest BCUT2D eigenvalue weighted by Gasteiger charge is -2.20. The minimum atomic E-state index is -0.496. The lowest BCUT2D eigenvalue weighted by atomic mass is 10.2. The summed E-state index contributed by atoms with van der Waals surface area (Å²) < 4.78 is 10.9. The molecule has 3 N–H and O–H groups in total. The molecule has 0 heterocycles. The number of nitrogens with one attached hydrogen (secondary N) is 3. The van der Waals surface area contributed by atoms with E-state index in [1.54, 1.807) is 7.05 Å². The highest BCUT2D eigenvalue weighted by Gasteiger charge is 2.15. The maximum atomic E-state index is 11.6. The van der Waals surface area contributed by atoms with Crippen molar-refractivity contribution in [3.8, 4) is 5.75 Å². The number of benzene rings is 1. The van der Waals surface area contributed by atoms with Gasteiger partial charge < -0.3 is 25.4 Å². The smallest absolute Gasteiger partial charge is 0.407 e. The molecule has 1 aromatic rings. The van der Waals surface area contributed by atoms with E-state index in [0.717, 1.165) is 11.3 Å². The maximum absolute atomic E-state index is 11.6. The van der Waals surface area contributed by atoms with Gasteiger partial charge in [0.2, 0.25) is 0 Å².